The molecule has 0 aliphatic carbocycles. The second kappa shape index (κ2) is 6.21. The van der Waals surface area contributed by atoms with Crippen molar-refractivity contribution in [2.75, 3.05) is 33.7 Å². The van der Waals surface area contributed by atoms with Crippen molar-refractivity contribution in [3.63, 3.8) is 0 Å². The van der Waals surface area contributed by atoms with E-state index in [4.69, 9.17) is 4.42 Å². The number of piperazine rings is 1. The fraction of sp³-hybridized carbons (Fsp3) is 0.643. The molecule has 1 aromatic rings. The summed E-state index contributed by atoms with van der Waals surface area (Å²) in [4.78, 5) is 16.2. The van der Waals surface area contributed by atoms with Crippen LogP contribution in [0.25, 0.3) is 0 Å². The van der Waals surface area contributed by atoms with Crippen LogP contribution in [0.4, 0.5) is 0 Å². The topological polar surface area (TPSA) is 48.7 Å². The summed E-state index contributed by atoms with van der Waals surface area (Å²) in [7, 11) is 3.62. The minimum Gasteiger partial charge on any atom is -0.468 e. The standard InChI is InChI=1S/C14H23N3O2/c1-4-11(13-6-5-9-19-13)17-8-7-15-10-12(17)14(18)16(2)3/h5-6,9,11-12,15H,4,7-8,10H2,1-3H3. The number of hydrogen-bond acceptors (Lipinski definition) is 4. The van der Waals surface area contributed by atoms with E-state index in [2.05, 4.69) is 17.1 Å². The van der Waals surface area contributed by atoms with Crippen LogP contribution >= 0.6 is 0 Å². The van der Waals surface area contributed by atoms with Crippen LogP contribution in [0.5, 0.6) is 0 Å². The molecule has 106 valence electrons. The summed E-state index contributed by atoms with van der Waals surface area (Å²) in [5.41, 5.74) is 0. The van der Waals surface area contributed by atoms with Crippen LogP contribution in [0, 0.1) is 0 Å². The fourth-order valence-corrected chi connectivity index (χ4v) is 2.70. The van der Waals surface area contributed by atoms with E-state index in [9.17, 15) is 4.79 Å². The van der Waals surface area contributed by atoms with E-state index in [1.54, 1.807) is 11.2 Å². The van der Waals surface area contributed by atoms with Gasteiger partial charge in [0.2, 0.25) is 5.91 Å². The van der Waals surface area contributed by atoms with Crippen LogP contribution in [0.3, 0.4) is 0 Å². The lowest BCUT2D eigenvalue weighted by Gasteiger charge is -2.40. The maximum absolute atomic E-state index is 12.3. The highest BCUT2D eigenvalue weighted by atomic mass is 16.3. The molecule has 2 rings (SSSR count). The van der Waals surface area contributed by atoms with Gasteiger partial charge in [0.15, 0.2) is 0 Å². The Bertz CT molecular complexity index is 403. The summed E-state index contributed by atoms with van der Waals surface area (Å²) in [6.07, 6.45) is 2.63. The van der Waals surface area contributed by atoms with Crippen molar-refractivity contribution < 1.29 is 9.21 Å². The summed E-state index contributed by atoms with van der Waals surface area (Å²) in [5.74, 6) is 1.10. The third-order valence-corrected chi connectivity index (χ3v) is 3.67. The largest absolute Gasteiger partial charge is 0.468 e. The highest BCUT2D eigenvalue weighted by Crippen LogP contribution is 2.27. The van der Waals surface area contributed by atoms with Gasteiger partial charge in [-0.1, -0.05) is 6.92 Å². The molecule has 1 amide bonds. The first kappa shape index (κ1) is 14.1. The van der Waals surface area contributed by atoms with Crippen LogP contribution in [0.1, 0.15) is 25.1 Å². The van der Waals surface area contributed by atoms with E-state index in [-0.39, 0.29) is 18.0 Å². The van der Waals surface area contributed by atoms with Gasteiger partial charge in [-0.15, -0.1) is 0 Å². The number of nitrogens with one attached hydrogen (secondary N) is 1. The van der Waals surface area contributed by atoms with Gasteiger partial charge in [-0.05, 0) is 18.6 Å². The van der Waals surface area contributed by atoms with Gasteiger partial charge < -0.3 is 14.6 Å². The van der Waals surface area contributed by atoms with Crippen molar-refractivity contribution in [3.05, 3.63) is 24.2 Å². The van der Waals surface area contributed by atoms with Crippen LogP contribution in [-0.2, 0) is 4.79 Å². The first-order valence-electron chi connectivity index (χ1n) is 6.86. The zero-order valence-corrected chi connectivity index (χ0v) is 11.9. The minimum absolute atomic E-state index is 0.112. The van der Waals surface area contributed by atoms with E-state index in [1.165, 1.54) is 0 Å². The molecule has 0 bridgehead atoms. The Hall–Kier alpha value is -1.33. The first-order valence-corrected chi connectivity index (χ1v) is 6.86. The Kier molecular flexibility index (Phi) is 4.61. The van der Waals surface area contributed by atoms with Crippen molar-refractivity contribution in [3.8, 4) is 0 Å². The van der Waals surface area contributed by atoms with Gasteiger partial charge in [0, 0.05) is 33.7 Å². The summed E-state index contributed by atoms with van der Waals surface area (Å²) in [6, 6.07) is 3.96. The SMILES string of the molecule is CCC(c1ccco1)N1CCNCC1C(=O)N(C)C. The number of likely N-dealkylation sites (N-methyl/N-ethyl adjacent to an activating group) is 1. The van der Waals surface area contributed by atoms with E-state index in [0.717, 1.165) is 25.3 Å². The molecule has 19 heavy (non-hydrogen) atoms. The molecule has 1 aliphatic heterocycles. The molecule has 0 aromatic carbocycles. The lowest BCUT2D eigenvalue weighted by atomic mass is 10.0. The van der Waals surface area contributed by atoms with Gasteiger partial charge in [-0.3, -0.25) is 9.69 Å². The van der Waals surface area contributed by atoms with Gasteiger partial charge >= 0.3 is 0 Å². The number of carbonyl (C=O) groups excluding carboxylic acids is 1. The van der Waals surface area contributed by atoms with E-state index in [1.807, 2.05) is 26.2 Å². The van der Waals surface area contributed by atoms with Gasteiger partial charge in [0.1, 0.15) is 11.8 Å². The lowest BCUT2D eigenvalue weighted by Crippen LogP contribution is -2.58. The second-order valence-corrected chi connectivity index (χ2v) is 5.13. The number of amides is 1. The number of furan rings is 1. The number of rotatable bonds is 4. The molecule has 0 spiro atoms. The second-order valence-electron chi connectivity index (χ2n) is 5.13. The Morgan fingerprint density at radius 1 is 1.63 bits per heavy atom. The molecule has 1 aliphatic rings. The minimum atomic E-state index is -0.112. The summed E-state index contributed by atoms with van der Waals surface area (Å²) < 4.78 is 5.54. The van der Waals surface area contributed by atoms with E-state index < -0.39 is 0 Å². The molecule has 1 saturated heterocycles. The molecule has 2 unspecified atom stereocenters. The van der Waals surface area contributed by atoms with E-state index >= 15 is 0 Å². The van der Waals surface area contributed by atoms with Crippen molar-refractivity contribution in [1.29, 1.82) is 0 Å². The molecule has 1 fully saturated rings. The smallest absolute Gasteiger partial charge is 0.240 e. The quantitative estimate of drug-likeness (QED) is 0.885. The van der Waals surface area contributed by atoms with Gasteiger partial charge in [0.25, 0.3) is 0 Å². The van der Waals surface area contributed by atoms with Crippen molar-refractivity contribution in [1.82, 2.24) is 15.1 Å². The Morgan fingerprint density at radius 2 is 2.42 bits per heavy atom. The number of hydrogen-bond donors (Lipinski definition) is 1. The highest BCUT2D eigenvalue weighted by molar-refractivity contribution is 5.81. The van der Waals surface area contributed by atoms with Crippen LogP contribution in [0.15, 0.2) is 22.8 Å². The molecule has 5 heteroatoms. The Balaban J connectivity index is 2.20. The third kappa shape index (κ3) is 2.98. The van der Waals surface area contributed by atoms with Crippen molar-refractivity contribution in [2.24, 2.45) is 0 Å². The zero-order valence-electron chi connectivity index (χ0n) is 11.9. The van der Waals surface area contributed by atoms with Crippen LogP contribution in [-0.4, -0.2) is 55.5 Å². The van der Waals surface area contributed by atoms with Crippen LogP contribution in [0.2, 0.25) is 0 Å². The number of carbonyl (C=O) groups is 1. The molecule has 0 radical (unpaired) electrons. The molecule has 0 saturated carbocycles. The summed E-state index contributed by atoms with van der Waals surface area (Å²) >= 11 is 0. The molecule has 5 nitrogen and oxygen atoms in total. The summed E-state index contributed by atoms with van der Waals surface area (Å²) in [5, 5.41) is 3.31. The monoisotopic (exact) mass is 265 g/mol. The average Bonchev–Trinajstić information content (AvgIpc) is 2.93. The highest BCUT2D eigenvalue weighted by Gasteiger charge is 2.35. The molecule has 1 aromatic heterocycles. The first-order chi connectivity index (χ1) is 9.15. The summed E-state index contributed by atoms with van der Waals surface area (Å²) in [6.45, 7) is 4.61. The third-order valence-electron chi connectivity index (χ3n) is 3.67. The lowest BCUT2D eigenvalue weighted by molar-refractivity contribution is -0.136. The maximum atomic E-state index is 12.3. The molecule has 2 atom stereocenters. The van der Waals surface area contributed by atoms with Gasteiger partial charge in [-0.25, -0.2) is 0 Å². The van der Waals surface area contributed by atoms with Gasteiger partial charge in [0.05, 0.1) is 12.3 Å². The van der Waals surface area contributed by atoms with Crippen LogP contribution < -0.4 is 5.32 Å². The average molecular weight is 265 g/mol. The van der Waals surface area contributed by atoms with E-state index in [0.29, 0.717) is 6.54 Å². The maximum Gasteiger partial charge on any atom is 0.240 e. The Morgan fingerprint density at radius 3 is 3.00 bits per heavy atom. The van der Waals surface area contributed by atoms with Gasteiger partial charge in [-0.2, -0.15) is 0 Å². The fourth-order valence-electron chi connectivity index (χ4n) is 2.70. The van der Waals surface area contributed by atoms with Crippen molar-refractivity contribution in [2.45, 2.75) is 25.4 Å². The zero-order chi connectivity index (χ0) is 13.8. The number of nitrogens with zero attached hydrogens (tertiary/aromatic N) is 2. The normalized spacial score (nSPS) is 22.2. The molecular weight excluding hydrogens is 242 g/mol. The van der Waals surface area contributed by atoms with Crippen molar-refractivity contribution >= 4 is 5.91 Å². The predicted octanol–water partition coefficient (Wildman–Crippen LogP) is 1.09. The molecular formula is C14H23N3O2. The predicted molar refractivity (Wildman–Crippen MR) is 73.8 cm³/mol. The molecule has 1 N–H and O–H groups in total. The molecule has 2 heterocycles. The Labute approximate surface area is 114 Å².